The Hall–Kier alpha value is -7.64. The largest absolute Gasteiger partial charge is 0.493 e. The Kier molecular flexibility index (Phi) is 19.4. The first-order valence-electron chi connectivity index (χ1n) is 25.1. The van der Waals surface area contributed by atoms with Crippen molar-refractivity contribution in [3.8, 4) is 17.2 Å². The van der Waals surface area contributed by atoms with Crippen molar-refractivity contribution in [2.45, 2.75) is 122 Å². The minimum absolute atomic E-state index is 0.00354. The Labute approximate surface area is 429 Å². The topological polar surface area (TPSA) is 262 Å². The van der Waals surface area contributed by atoms with Gasteiger partial charge in [0, 0.05) is 50.0 Å². The number of ether oxygens (including phenoxy) is 4. The number of hydrogen-bond donors (Lipinski definition) is 4. The van der Waals surface area contributed by atoms with Crippen LogP contribution in [0.1, 0.15) is 136 Å². The second kappa shape index (κ2) is 25.8. The zero-order chi connectivity index (χ0) is 53.5. The number of unbranched alkanes of at least 4 members (excludes halogenated alkanes) is 1. The van der Waals surface area contributed by atoms with Crippen LogP contribution in [-0.2, 0) is 49.5 Å². The average Bonchev–Trinajstić information content (AvgIpc) is 3.53. The van der Waals surface area contributed by atoms with Crippen molar-refractivity contribution in [2.24, 2.45) is 5.41 Å². The summed E-state index contributed by atoms with van der Waals surface area (Å²) >= 11 is 0. The maximum atomic E-state index is 14.1. The van der Waals surface area contributed by atoms with Crippen LogP contribution in [0.5, 0.6) is 17.2 Å². The Morgan fingerprint density at radius 2 is 1.50 bits per heavy atom. The Morgan fingerprint density at radius 3 is 2.23 bits per heavy atom. The highest BCUT2D eigenvalue weighted by atomic mass is 16.5. The minimum Gasteiger partial charge on any atom is -0.493 e. The standard InChI is InChI=1S/C54H66N6O14/c1-6-54(2,3)48(65)52(69)59-29-10-7-17-38(59)53(70)74-39(23-21-33-22-24-40(71-4)42(30-33)72-5)34-14-11-15-35(31-34)57-45(63)26-25-43(61)55-27-8-9-28-56-46(64)32-73-41-19-12-16-36-47(41)51(68)60(50(36)67)37-18-13-20-44(62)58-49(37)66/h11-12,14-16,19,22,24,30-31,37-39H,6-10,13,17-18,20-21,23,25-29,32H2,1-5H3,(H,55,61)(H,56,64)(H,57,63)(H,58,62,66). The van der Waals surface area contributed by atoms with Gasteiger partial charge in [0.05, 0.1) is 25.3 Å². The number of Topliss-reactive ketones (excluding diaryl/α,β-unsaturated/α-hetero) is 1. The highest BCUT2D eigenvalue weighted by Crippen LogP contribution is 2.35. The molecule has 20 heteroatoms. The predicted molar refractivity (Wildman–Crippen MR) is 268 cm³/mol. The number of hydrogen-bond acceptors (Lipinski definition) is 14. The van der Waals surface area contributed by atoms with Gasteiger partial charge in [-0.3, -0.25) is 53.4 Å². The van der Waals surface area contributed by atoms with E-state index in [-0.39, 0.29) is 68.1 Å². The molecule has 3 aromatic carbocycles. The van der Waals surface area contributed by atoms with Gasteiger partial charge in [0.25, 0.3) is 23.6 Å². The molecule has 3 atom stereocenters. The maximum Gasteiger partial charge on any atom is 0.329 e. The number of methoxy groups -OCH3 is 2. The highest BCUT2D eigenvalue weighted by molar-refractivity contribution is 6.38. The van der Waals surface area contributed by atoms with Crippen LogP contribution in [0.2, 0.25) is 0 Å². The van der Waals surface area contributed by atoms with Gasteiger partial charge in [0.2, 0.25) is 29.4 Å². The molecule has 3 aromatic rings. The molecule has 2 saturated heterocycles. The van der Waals surface area contributed by atoms with Crippen LogP contribution in [-0.4, -0.2) is 121 Å². The van der Waals surface area contributed by atoms with Crippen molar-refractivity contribution in [3.05, 3.63) is 82.9 Å². The number of imide groups is 2. The number of likely N-dealkylation sites (tertiary alicyclic amines) is 1. The van der Waals surface area contributed by atoms with Gasteiger partial charge in [-0.2, -0.15) is 0 Å². The number of piperidine rings is 1. The first-order valence-corrected chi connectivity index (χ1v) is 25.1. The molecular weight excluding hydrogens is 957 g/mol. The molecule has 0 bridgehead atoms. The van der Waals surface area contributed by atoms with Crippen molar-refractivity contribution in [1.29, 1.82) is 0 Å². The maximum absolute atomic E-state index is 14.1. The summed E-state index contributed by atoms with van der Waals surface area (Å²) < 4.78 is 22.8. The minimum atomic E-state index is -1.15. The van der Waals surface area contributed by atoms with Gasteiger partial charge in [-0.05, 0) is 112 Å². The number of carbonyl (C=O) groups is 10. The fourth-order valence-corrected chi connectivity index (χ4v) is 8.89. The smallest absolute Gasteiger partial charge is 0.329 e. The molecule has 0 aromatic heterocycles. The zero-order valence-electron chi connectivity index (χ0n) is 42.6. The van der Waals surface area contributed by atoms with Gasteiger partial charge in [-0.15, -0.1) is 0 Å². The molecule has 0 saturated carbocycles. The number of carbonyl (C=O) groups excluding carboxylic acids is 10. The van der Waals surface area contributed by atoms with E-state index in [1.165, 1.54) is 30.2 Å². The van der Waals surface area contributed by atoms with E-state index in [0.717, 1.165) is 10.5 Å². The summed E-state index contributed by atoms with van der Waals surface area (Å²) in [7, 11) is 3.08. The van der Waals surface area contributed by atoms with Crippen LogP contribution < -0.4 is 35.5 Å². The van der Waals surface area contributed by atoms with Crippen molar-refractivity contribution in [1.82, 2.24) is 25.8 Å². The number of nitrogens with one attached hydrogen (secondary N) is 4. The monoisotopic (exact) mass is 1020 g/mol. The quantitative estimate of drug-likeness (QED) is 0.0403. The second-order valence-electron chi connectivity index (χ2n) is 19.1. The van der Waals surface area contributed by atoms with E-state index in [2.05, 4.69) is 21.3 Å². The first-order chi connectivity index (χ1) is 35.5. The third-order valence-corrected chi connectivity index (χ3v) is 13.5. The highest BCUT2D eigenvalue weighted by Gasteiger charge is 2.46. The molecule has 396 valence electrons. The van der Waals surface area contributed by atoms with Gasteiger partial charge in [0.1, 0.15) is 23.9 Å². The molecule has 0 aliphatic carbocycles. The lowest BCUT2D eigenvalue weighted by Crippen LogP contribution is -2.53. The van der Waals surface area contributed by atoms with E-state index >= 15 is 0 Å². The van der Waals surface area contributed by atoms with Crippen molar-refractivity contribution < 1.29 is 66.9 Å². The van der Waals surface area contributed by atoms with Crippen molar-refractivity contribution in [2.75, 3.05) is 45.8 Å². The Morgan fingerprint density at radius 1 is 0.784 bits per heavy atom. The molecule has 3 aliphatic rings. The summed E-state index contributed by atoms with van der Waals surface area (Å²) in [5, 5.41) is 10.5. The van der Waals surface area contributed by atoms with Gasteiger partial charge >= 0.3 is 5.97 Å². The normalized spacial score (nSPS) is 17.0. The van der Waals surface area contributed by atoms with Crippen LogP contribution in [0.15, 0.2) is 60.7 Å². The van der Waals surface area contributed by atoms with Crippen molar-refractivity contribution in [3.63, 3.8) is 0 Å². The van der Waals surface area contributed by atoms with E-state index in [1.807, 2.05) is 19.1 Å². The van der Waals surface area contributed by atoms with E-state index in [9.17, 15) is 47.9 Å². The predicted octanol–water partition coefficient (Wildman–Crippen LogP) is 4.91. The SMILES string of the molecule is CCC(C)(C)C(=O)C(=O)N1CCCCC1C(=O)OC(CCc1ccc(OC)c(OC)c1)c1cccc(NC(=O)CCC(=O)NCCCCNC(=O)COc2cccc3c2C(=O)N(C2CCCC(=O)NC2=O)C3=O)c1. The van der Waals surface area contributed by atoms with Crippen LogP contribution in [0, 0.1) is 5.41 Å². The molecule has 2 fully saturated rings. The number of benzene rings is 3. The number of fused-ring (bicyclic) bond motifs is 1. The lowest BCUT2D eigenvalue weighted by atomic mass is 9.84. The second-order valence-corrected chi connectivity index (χ2v) is 19.1. The third kappa shape index (κ3) is 14.1. The summed E-state index contributed by atoms with van der Waals surface area (Å²) in [6.45, 7) is 5.60. The van der Waals surface area contributed by atoms with E-state index < -0.39 is 83.3 Å². The molecule has 8 amide bonds. The van der Waals surface area contributed by atoms with Gasteiger partial charge in [-0.25, -0.2) is 4.79 Å². The molecule has 0 radical (unpaired) electrons. The number of esters is 1. The van der Waals surface area contributed by atoms with Gasteiger partial charge in [-0.1, -0.05) is 45.0 Å². The van der Waals surface area contributed by atoms with E-state index in [1.54, 1.807) is 51.3 Å². The Balaban J connectivity index is 0.957. The number of ketones is 1. The summed E-state index contributed by atoms with van der Waals surface area (Å²) in [6.07, 6.45) is 3.42. The summed E-state index contributed by atoms with van der Waals surface area (Å²) in [5.41, 5.74) is 0.956. The molecule has 74 heavy (non-hydrogen) atoms. The van der Waals surface area contributed by atoms with Crippen LogP contribution in [0.3, 0.4) is 0 Å². The van der Waals surface area contributed by atoms with Crippen LogP contribution >= 0.6 is 0 Å². The average molecular weight is 1020 g/mol. The number of nitrogens with zero attached hydrogens (tertiary/aromatic N) is 2. The first kappa shape index (κ1) is 55.7. The Bertz CT molecular complexity index is 2630. The van der Waals surface area contributed by atoms with E-state index in [0.29, 0.717) is 80.5 Å². The number of anilines is 1. The summed E-state index contributed by atoms with van der Waals surface area (Å²) in [5.74, 6) is -4.68. The molecular formula is C54H66N6O14. The van der Waals surface area contributed by atoms with Gasteiger partial charge in [0.15, 0.2) is 18.1 Å². The number of rotatable bonds is 24. The molecule has 6 rings (SSSR count). The number of amides is 8. The number of aryl methyl sites for hydroxylation is 1. The zero-order valence-corrected chi connectivity index (χ0v) is 42.6. The van der Waals surface area contributed by atoms with Crippen molar-refractivity contribution >= 4 is 64.7 Å². The van der Waals surface area contributed by atoms with E-state index in [4.69, 9.17) is 18.9 Å². The molecule has 20 nitrogen and oxygen atoms in total. The summed E-state index contributed by atoms with van der Waals surface area (Å²) in [6, 6.07) is 14.7. The third-order valence-electron chi connectivity index (χ3n) is 13.5. The molecule has 4 N–H and O–H groups in total. The fraction of sp³-hybridized carbons (Fsp3) is 0.481. The fourth-order valence-electron chi connectivity index (χ4n) is 8.89. The molecule has 3 unspecified atom stereocenters. The molecule has 3 aliphatic heterocycles. The van der Waals surface area contributed by atoms with Gasteiger partial charge < -0.3 is 39.8 Å². The lowest BCUT2D eigenvalue weighted by molar-refractivity contribution is -0.164. The van der Waals surface area contributed by atoms with Crippen LogP contribution in [0.25, 0.3) is 0 Å². The molecule has 3 heterocycles. The van der Waals surface area contributed by atoms with Crippen LogP contribution in [0.4, 0.5) is 5.69 Å². The summed E-state index contributed by atoms with van der Waals surface area (Å²) in [4.78, 5) is 132. The molecule has 0 spiro atoms. The lowest BCUT2D eigenvalue weighted by Gasteiger charge is -2.36.